The number of H-pyrrole nitrogens is 1. The maximum absolute atomic E-state index is 9.14. The lowest BCUT2D eigenvalue weighted by molar-refractivity contribution is 0.117. The molecule has 24 heavy (non-hydrogen) atoms. The van der Waals surface area contributed by atoms with Crippen molar-refractivity contribution in [2.45, 2.75) is 18.6 Å². The summed E-state index contributed by atoms with van der Waals surface area (Å²) in [6.45, 7) is 0. The molecule has 1 fully saturated rings. The van der Waals surface area contributed by atoms with Gasteiger partial charge in [0.2, 0.25) is 0 Å². The number of hydrogen-bond donors (Lipinski definition) is 1. The first-order valence-electron chi connectivity index (χ1n) is 7.96. The van der Waals surface area contributed by atoms with Crippen LogP contribution in [0.15, 0.2) is 36.9 Å². The molecule has 0 unspecified atom stereocenters. The van der Waals surface area contributed by atoms with Crippen molar-refractivity contribution in [3.63, 3.8) is 0 Å². The maximum Gasteiger partial charge on any atom is 0.137 e. The summed E-state index contributed by atoms with van der Waals surface area (Å²) in [5.41, 5.74) is 5.23. The number of aromatic amines is 1. The average Bonchev–Trinajstić information content (AvgIpc) is 3.35. The van der Waals surface area contributed by atoms with Gasteiger partial charge >= 0.3 is 0 Å². The molecule has 6 nitrogen and oxygen atoms in total. The molecule has 2 aliphatic rings. The third-order valence-corrected chi connectivity index (χ3v) is 4.92. The lowest BCUT2D eigenvalue weighted by Gasteiger charge is -2.13. The van der Waals surface area contributed by atoms with Crippen molar-refractivity contribution in [1.29, 1.82) is 5.26 Å². The standard InChI is InChI=1S/C18H15N5O/c1-23-9-12(7-22-23)15-8-21-18-14(15)2-11(6-20-18)13-4-16-10(5-19)3-17(13)24-16/h2,4,6-10,16-17H,3H2,1H3,(H,20,21)/t10-,16+,17+/m0/s1. The van der Waals surface area contributed by atoms with E-state index >= 15 is 0 Å². The zero-order chi connectivity index (χ0) is 16.3. The van der Waals surface area contributed by atoms with Crippen molar-refractivity contribution in [2.75, 3.05) is 0 Å². The number of rotatable bonds is 2. The maximum atomic E-state index is 9.14. The van der Waals surface area contributed by atoms with Crippen LogP contribution in [0.4, 0.5) is 0 Å². The first-order chi connectivity index (χ1) is 11.7. The fraction of sp³-hybridized carbons (Fsp3) is 0.278. The molecule has 118 valence electrons. The molecule has 0 amide bonds. The molecule has 1 saturated heterocycles. The Morgan fingerprint density at radius 1 is 1.38 bits per heavy atom. The lowest BCUT2D eigenvalue weighted by Crippen LogP contribution is -2.12. The second-order valence-corrected chi connectivity index (χ2v) is 6.41. The molecule has 5 rings (SSSR count). The van der Waals surface area contributed by atoms with Crippen LogP contribution in [0.25, 0.3) is 27.7 Å². The fourth-order valence-electron chi connectivity index (χ4n) is 3.71. The van der Waals surface area contributed by atoms with Crippen LogP contribution in [-0.4, -0.2) is 32.0 Å². The molecule has 3 aromatic heterocycles. The van der Waals surface area contributed by atoms with Gasteiger partial charge < -0.3 is 9.72 Å². The molecule has 2 aliphatic heterocycles. The monoisotopic (exact) mass is 317 g/mol. The second-order valence-electron chi connectivity index (χ2n) is 6.41. The first-order valence-corrected chi connectivity index (χ1v) is 7.96. The molecule has 0 radical (unpaired) electrons. The molecule has 0 spiro atoms. The smallest absolute Gasteiger partial charge is 0.137 e. The van der Waals surface area contributed by atoms with E-state index in [1.165, 1.54) is 0 Å². The molecule has 3 aromatic rings. The molecular formula is C18H15N5O. The van der Waals surface area contributed by atoms with Crippen molar-refractivity contribution >= 4 is 16.6 Å². The van der Waals surface area contributed by atoms with Gasteiger partial charge in [0.15, 0.2) is 0 Å². The predicted molar refractivity (Wildman–Crippen MR) is 88.7 cm³/mol. The summed E-state index contributed by atoms with van der Waals surface area (Å²) in [6.07, 6.45) is 10.5. The Morgan fingerprint density at radius 2 is 2.29 bits per heavy atom. The van der Waals surface area contributed by atoms with Gasteiger partial charge in [0.25, 0.3) is 0 Å². The fourth-order valence-corrected chi connectivity index (χ4v) is 3.71. The Labute approximate surface area is 138 Å². The van der Waals surface area contributed by atoms with Crippen LogP contribution in [0.1, 0.15) is 12.0 Å². The zero-order valence-corrected chi connectivity index (χ0v) is 13.1. The largest absolute Gasteiger partial charge is 0.365 e. The summed E-state index contributed by atoms with van der Waals surface area (Å²) in [7, 11) is 1.91. The quantitative estimate of drug-likeness (QED) is 0.788. The minimum absolute atomic E-state index is 0.0136. The third-order valence-electron chi connectivity index (χ3n) is 4.92. The van der Waals surface area contributed by atoms with Crippen molar-refractivity contribution < 1.29 is 4.74 Å². The van der Waals surface area contributed by atoms with Crippen molar-refractivity contribution in [3.05, 3.63) is 42.5 Å². The highest BCUT2D eigenvalue weighted by molar-refractivity contribution is 5.95. The molecule has 1 N–H and O–H groups in total. The van der Waals surface area contributed by atoms with Crippen LogP contribution in [-0.2, 0) is 11.8 Å². The van der Waals surface area contributed by atoms with Gasteiger partial charge in [-0.15, -0.1) is 0 Å². The van der Waals surface area contributed by atoms with Crippen LogP contribution in [0, 0.1) is 17.2 Å². The van der Waals surface area contributed by atoms with E-state index in [2.05, 4.69) is 33.3 Å². The molecule has 0 aromatic carbocycles. The van der Waals surface area contributed by atoms with Gasteiger partial charge in [-0.3, -0.25) is 4.68 Å². The Kier molecular flexibility index (Phi) is 2.70. The minimum atomic E-state index is -0.0743. The van der Waals surface area contributed by atoms with Gasteiger partial charge in [0.05, 0.1) is 30.4 Å². The van der Waals surface area contributed by atoms with E-state index < -0.39 is 0 Å². The first kappa shape index (κ1) is 13.5. The Morgan fingerprint density at radius 3 is 3.00 bits per heavy atom. The molecule has 2 bridgehead atoms. The van der Waals surface area contributed by atoms with Crippen LogP contribution in [0.2, 0.25) is 0 Å². The van der Waals surface area contributed by atoms with Crippen molar-refractivity contribution in [3.8, 4) is 17.2 Å². The number of nitrogens with one attached hydrogen (secondary N) is 1. The summed E-state index contributed by atoms with van der Waals surface area (Å²) < 4.78 is 7.68. The second kappa shape index (κ2) is 4.79. The number of pyridine rings is 1. The number of aryl methyl sites for hydroxylation is 1. The van der Waals surface area contributed by atoms with E-state index in [1.54, 1.807) is 4.68 Å². The third kappa shape index (κ3) is 1.85. The normalized spacial score (nSPS) is 25.2. The summed E-state index contributed by atoms with van der Waals surface area (Å²) in [4.78, 5) is 7.78. The van der Waals surface area contributed by atoms with Crippen LogP contribution in [0.3, 0.4) is 0 Å². The van der Waals surface area contributed by atoms with E-state index in [1.807, 2.05) is 31.8 Å². The van der Waals surface area contributed by atoms with Crippen LogP contribution in [0.5, 0.6) is 0 Å². The highest BCUT2D eigenvalue weighted by Gasteiger charge is 2.42. The van der Waals surface area contributed by atoms with Gasteiger partial charge in [-0.2, -0.15) is 10.4 Å². The van der Waals surface area contributed by atoms with Crippen LogP contribution >= 0.6 is 0 Å². The number of fused-ring (bicyclic) bond motifs is 3. The Hall–Kier alpha value is -2.91. The molecule has 0 aliphatic carbocycles. The molecule has 0 saturated carbocycles. The van der Waals surface area contributed by atoms with Gasteiger partial charge in [0, 0.05) is 42.2 Å². The van der Waals surface area contributed by atoms with Crippen molar-refractivity contribution in [2.24, 2.45) is 13.0 Å². The van der Waals surface area contributed by atoms with Crippen LogP contribution < -0.4 is 0 Å². The number of hydrogen-bond acceptors (Lipinski definition) is 4. The lowest BCUT2D eigenvalue weighted by atomic mass is 9.87. The van der Waals surface area contributed by atoms with E-state index in [9.17, 15) is 0 Å². The topological polar surface area (TPSA) is 79.5 Å². The van der Waals surface area contributed by atoms with E-state index in [4.69, 9.17) is 10.00 Å². The van der Waals surface area contributed by atoms with Gasteiger partial charge in [-0.25, -0.2) is 4.98 Å². The van der Waals surface area contributed by atoms with Crippen molar-refractivity contribution in [1.82, 2.24) is 19.7 Å². The minimum Gasteiger partial charge on any atom is -0.365 e. The number of nitrogens with zero attached hydrogens (tertiary/aromatic N) is 4. The predicted octanol–water partition coefficient (Wildman–Crippen LogP) is 2.66. The summed E-state index contributed by atoms with van der Waals surface area (Å²) in [5.74, 6) is -0.0198. The Bertz CT molecular complexity index is 1020. The number of nitriles is 1. The van der Waals surface area contributed by atoms with E-state index in [0.29, 0.717) is 0 Å². The summed E-state index contributed by atoms with van der Waals surface area (Å²) >= 11 is 0. The van der Waals surface area contributed by atoms with Gasteiger partial charge in [0.1, 0.15) is 5.65 Å². The zero-order valence-electron chi connectivity index (χ0n) is 13.1. The van der Waals surface area contributed by atoms with Gasteiger partial charge in [-0.1, -0.05) is 0 Å². The molecular weight excluding hydrogens is 302 g/mol. The highest BCUT2D eigenvalue weighted by Crippen LogP contribution is 2.42. The van der Waals surface area contributed by atoms with E-state index in [-0.39, 0.29) is 18.1 Å². The molecule has 6 heteroatoms. The molecule has 5 heterocycles. The number of aromatic nitrogens is 4. The SMILES string of the molecule is Cn1cc(-c2c[nH]c3ncc(C4=C[C@H]5O[C@@H]4C[C@H]5C#N)cc23)cn1. The highest BCUT2D eigenvalue weighted by atomic mass is 16.5. The summed E-state index contributed by atoms with van der Waals surface area (Å²) in [6, 6.07) is 4.48. The summed E-state index contributed by atoms with van der Waals surface area (Å²) in [5, 5.41) is 14.5. The number of ether oxygens (including phenoxy) is 1. The Balaban J connectivity index is 1.60. The van der Waals surface area contributed by atoms with Gasteiger partial charge in [-0.05, 0) is 29.7 Å². The van der Waals surface area contributed by atoms with E-state index in [0.717, 1.165) is 39.7 Å². The molecule has 3 atom stereocenters. The average molecular weight is 317 g/mol.